The summed E-state index contributed by atoms with van der Waals surface area (Å²) in [6.45, 7) is 13.2. The highest BCUT2D eigenvalue weighted by molar-refractivity contribution is 5.87. The third-order valence-corrected chi connectivity index (χ3v) is 5.34. The van der Waals surface area contributed by atoms with Gasteiger partial charge in [0.1, 0.15) is 6.04 Å². The molecule has 2 fully saturated rings. The predicted octanol–water partition coefficient (Wildman–Crippen LogP) is 3.19. The second-order valence-electron chi connectivity index (χ2n) is 7.80. The average Bonchev–Trinajstić information content (AvgIpc) is 2.76. The lowest BCUT2D eigenvalue weighted by atomic mass is 9.79. The molecular weight excluding hydrogens is 248 g/mol. The molecule has 20 heavy (non-hydrogen) atoms. The van der Waals surface area contributed by atoms with Crippen molar-refractivity contribution in [3.8, 4) is 0 Å². The monoisotopic (exact) mass is 280 g/mol. The van der Waals surface area contributed by atoms with Crippen molar-refractivity contribution >= 4 is 5.91 Å². The maximum absolute atomic E-state index is 12.4. The number of hydrogen-bond acceptors (Lipinski definition) is 2. The van der Waals surface area contributed by atoms with Gasteiger partial charge in [-0.05, 0) is 50.0 Å². The summed E-state index contributed by atoms with van der Waals surface area (Å²) < 4.78 is 0. The molecule has 1 N–H and O–H groups in total. The number of hydrogen-bond donors (Lipinski definition) is 1. The van der Waals surface area contributed by atoms with Crippen LogP contribution in [-0.4, -0.2) is 35.5 Å². The first-order chi connectivity index (χ1) is 9.36. The fraction of sp³-hybridized carbons (Fsp3) is 0.941. The quantitative estimate of drug-likeness (QED) is 0.784. The molecule has 4 unspecified atom stereocenters. The maximum Gasteiger partial charge on any atom is 0.239 e. The normalized spacial score (nSPS) is 36.4. The van der Waals surface area contributed by atoms with Crippen molar-refractivity contribution in [1.29, 1.82) is 0 Å². The number of nitrogens with one attached hydrogen (secondary N) is 1. The largest absolute Gasteiger partial charge is 0.355 e. The molecule has 0 bridgehead atoms. The molecule has 3 nitrogen and oxygen atoms in total. The van der Waals surface area contributed by atoms with Crippen LogP contribution in [0.2, 0.25) is 0 Å². The van der Waals surface area contributed by atoms with Gasteiger partial charge in [-0.3, -0.25) is 9.69 Å². The Morgan fingerprint density at radius 1 is 1.30 bits per heavy atom. The summed E-state index contributed by atoms with van der Waals surface area (Å²) >= 11 is 0. The van der Waals surface area contributed by atoms with Gasteiger partial charge in [0, 0.05) is 12.1 Å². The molecule has 2 aliphatic rings. The summed E-state index contributed by atoms with van der Waals surface area (Å²) in [6.07, 6.45) is 5.85. The Balaban J connectivity index is 2.04. The van der Waals surface area contributed by atoms with Crippen LogP contribution >= 0.6 is 0 Å². The summed E-state index contributed by atoms with van der Waals surface area (Å²) in [5.74, 6) is 1.03. The van der Waals surface area contributed by atoms with Gasteiger partial charge in [-0.2, -0.15) is 0 Å². The minimum atomic E-state index is 0.154. The van der Waals surface area contributed by atoms with Crippen LogP contribution in [0.4, 0.5) is 0 Å². The molecule has 1 aliphatic carbocycles. The fourth-order valence-electron chi connectivity index (χ4n) is 4.06. The molecule has 1 aliphatic heterocycles. The Kier molecular flexibility index (Phi) is 4.48. The maximum atomic E-state index is 12.4. The van der Waals surface area contributed by atoms with Crippen molar-refractivity contribution in [2.24, 2.45) is 11.3 Å². The van der Waals surface area contributed by atoms with Crippen LogP contribution < -0.4 is 5.32 Å². The minimum absolute atomic E-state index is 0.154. The van der Waals surface area contributed by atoms with E-state index >= 15 is 0 Å². The first-order valence-electron chi connectivity index (χ1n) is 8.41. The third kappa shape index (κ3) is 2.74. The molecule has 116 valence electrons. The van der Waals surface area contributed by atoms with Gasteiger partial charge in [0.25, 0.3) is 0 Å². The number of carbonyl (C=O) groups is 1. The Morgan fingerprint density at radius 3 is 2.50 bits per heavy atom. The van der Waals surface area contributed by atoms with E-state index in [-0.39, 0.29) is 17.5 Å². The van der Waals surface area contributed by atoms with E-state index in [0.29, 0.717) is 5.41 Å². The van der Waals surface area contributed by atoms with Crippen molar-refractivity contribution in [2.75, 3.05) is 13.1 Å². The molecule has 4 atom stereocenters. The molecule has 0 aromatic rings. The zero-order valence-electron chi connectivity index (χ0n) is 14.0. The van der Waals surface area contributed by atoms with Gasteiger partial charge in [0.05, 0.1) is 0 Å². The van der Waals surface area contributed by atoms with E-state index in [0.717, 1.165) is 31.8 Å². The van der Waals surface area contributed by atoms with Crippen LogP contribution in [0.15, 0.2) is 0 Å². The Morgan fingerprint density at radius 2 is 2.00 bits per heavy atom. The van der Waals surface area contributed by atoms with E-state index in [1.165, 1.54) is 19.3 Å². The molecule has 0 radical (unpaired) electrons. The predicted molar refractivity (Wildman–Crippen MR) is 83.6 cm³/mol. The van der Waals surface area contributed by atoms with Crippen molar-refractivity contribution in [2.45, 2.75) is 78.3 Å². The molecular formula is C17H32N2O. The number of nitrogens with zero attached hydrogens (tertiary/aromatic N) is 1. The lowest BCUT2D eigenvalue weighted by Gasteiger charge is -2.27. The third-order valence-electron chi connectivity index (χ3n) is 5.34. The average molecular weight is 280 g/mol. The second-order valence-corrected chi connectivity index (χ2v) is 7.80. The van der Waals surface area contributed by atoms with Crippen LogP contribution in [0.1, 0.15) is 66.7 Å². The molecule has 0 aromatic heterocycles. The van der Waals surface area contributed by atoms with Gasteiger partial charge in [-0.15, -0.1) is 0 Å². The Hall–Kier alpha value is -0.570. The molecule has 0 aromatic carbocycles. The number of carbonyl (C=O) groups excluding carboxylic acids is 1. The first kappa shape index (κ1) is 15.8. The highest BCUT2D eigenvalue weighted by atomic mass is 16.2. The summed E-state index contributed by atoms with van der Waals surface area (Å²) in [7, 11) is 0. The summed E-state index contributed by atoms with van der Waals surface area (Å²) in [4.78, 5) is 14.9. The summed E-state index contributed by atoms with van der Waals surface area (Å²) in [6, 6.07) is 0.154. The van der Waals surface area contributed by atoms with E-state index in [1.807, 2.05) is 0 Å². The standard InChI is InChI=1S/C17H32N2O/c1-6-10-18-15(20)14-17(19(14)11-7-2)9-8-13(12-17)16(3,4)5/h13-14H,6-12H2,1-5H3,(H,18,20). The molecule has 1 saturated heterocycles. The van der Waals surface area contributed by atoms with Crippen LogP contribution in [0.5, 0.6) is 0 Å². The lowest BCUT2D eigenvalue weighted by molar-refractivity contribution is -0.121. The Labute approximate surface area is 124 Å². The van der Waals surface area contributed by atoms with Gasteiger partial charge >= 0.3 is 0 Å². The number of rotatable bonds is 5. The molecule has 1 heterocycles. The van der Waals surface area contributed by atoms with Crippen molar-refractivity contribution in [3.05, 3.63) is 0 Å². The minimum Gasteiger partial charge on any atom is -0.355 e. The summed E-state index contributed by atoms with van der Waals surface area (Å²) in [5.41, 5.74) is 0.570. The lowest BCUT2D eigenvalue weighted by Crippen LogP contribution is -2.32. The molecule has 1 saturated carbocycles. The number of amides is 1. The van der Waals surface area contributed by atoms with Crippen LogP contribution in [0.25, 0.3) is 0 Å². The topological polar surface area (TPSA) is 32.1 Å². The zero-order chi connectivity index (χ0) is 15.0. The smallest absolute Gasteiger partial charge is 0.239 e. The highest BCUT2D eigenvalue weighted by Crippen LogP contribution is 2.58. The van der Waals surface area contributed by atoms with Crippen LogP contribution in [-0.2, 0) is 4.79 Å². The molecule has 1 amide bonds. The fourth-order valence-corrected chi connectivity index (χ4v) is 4.06. The van der Waals surface area contributed by atoms with E-state index in [9.17, 15) is 4.79 Å². The van der Waals surface area contributed by atoms with Crippen molar-refractivity contribution in [3.63, 3.8) is 0 Å². The van der Waals surface area contributed by atoms with E-state index < -0.39 is 0 Å². The van der Waals surface area contributed by atoms with E-state index in [4.69, 9.17) is 0 Å². The van der Waals surface area contributed by atoms with Gasteiger partial charge in [0.15, 0.2) is 0 Å². The van der Waals surface area contributed by atoms with Gasteiger partial charge < -0.3 is 5.32 Å². The first-order valence-corrected chi connectivity index (χ1v) is 8.41. The Bertz CT molecular complexity index is 360. The molecule has 2 rings (SSSR count). The molecule has 3 heteroatoms. The summed E-state index contributed by atoms with van der Waals surface area (Å²) in [5, 5.41) is 3.11. The van der Waals surface area contributed by atoms with Crippen molar-refractivity contribution in [1.82, 2.24) is 10.2 Å². The SMILES string of the molecule is CCCNC(=O)C1N(CCC)C12CCC(C(C)(C)C)C2. The van der Waals surface area contributed by atoms with Gasteiger partial charge in [-0.1, -0.05) is 34.6 Å². The highest BCUT2D eigenvalue weighted by Gasteiger charge is 2.68. The zero-order valence-corrected chi connectivity index (χ0v) is 14.0. The van der Waals surface area contributed by atoms with Gasteiger partial charge in [-0.25, -0.2) is 0 Å². The van der Waals surface area contributed by atoms with E-state index in [2.05, 4.69) is 44.8 Å². The molecule has 1 spiro atoms. The second kappa shape index (κ2) is 5.67. The van der Waals surface area contributed by atoms with Crippen LogP contribution in [0, 0.1) is 11.3 Å². The van der Waals surface area contributed by atoms with Gasteiger partial charge in [0.2, 0.25) is 5.91 Å². The van der Waals surface area contributed by atoms with E-state index in [1.54, 1.807) is 0 Å². The van der Waals surface area contributed by atoms with Crippen molar-refractivity contribution < 1.29 is 4.79 Å². The van der Waals surface area contributed by atoms with Crippen LogP contribution in [0.3, 0.4) is 0 Å².